The van der Waals surface area contributed by atoms with Crippen LogP contribution in [0, 0.1) is 11.3 Å². The van der Waals surface area contributed by atoms with Gasteiger partial charge in [0.2, 0.25) is 11.8 Å². The Morgan fingerprint density at radius 1 is 1.42 bits per heavy atom. The summed E-state index contributed by atoms with van der Waals surface area (Å²) in [6.45, 7) is 0.932. The van der Waals surface area contributed by atoms with Crippen molar-refractivity contribution in [2.45, 2.75) is 0 Å². The van der Waals surface area contributed by atoms with Crippen LogP contribution >= 0.6 is 0 Å². The Balaban J connectivity index is 1.89. The second kappa shape index (κ2) is 5.98. The Hall–Kier alpha value is -2.39. The molecular formula is C13H13N3O3. The number of hydrogen-bond acceptors (Lipinski definition) is 4. The Morgan fingerprint density at radius 2 is 2.16 bits per heavy atom. The van der Waals surface area contributed by atoms with Gasteiger partial charge in [-0.05, 0) is 24.3 Å². The zero-order valence-electron chi connectivity index (χ0n) is 10.3. The zero-order chi connectivity index (χ0) is 13.7. The van der Waals surface area contributed by atoms with Gasteiger partial charge in [-0.15, -0.1) is 0 Å². The predicted molar refractivity (Wildman–Crippen MR) is 67.2 cm³/mol. The first-order valence-electron chi connectivity index (χ1n) is 5.84. The third-order valence-electron chi connectivity index (χ3n) is 2.72. The molecule has 1 aliphatic heterocycles. The summed E-state index contributed by atoms with van der Waals surface area (Å²) in [6, 6.07) is 8.54. The molecule has 2 amide bonds. The second-order valence-electron chi connectivity index (χ2n) is 4.11. The van der Waals surface area contributed by atoms with Crippen molar-refractivity contribution in [1.82, 2.24) is 4.90 Å². The summed E-state index contributed by atoms with van der Waals surface area (Å²) in [5.74, 6) is -0.443. The Kier molecular flexibility index (Phi) is 4.11. The smallest absolute Gasteiger partial charge is 0.249 e. The van der Waals surface area contributed by atoms with Gasteiger partial charge in [0.15, 0.2) is 0 Å². The summed E-state index contributed by atoms with van der Waals surface area (Å²) in [5, 5.41) is 11.3. The molecule has 1 heterocycles. The van der Waals surface area contributed by atoms with E-state index in [1.807, 2.05) is 6.07 Å². The van der Waals surface area contributed by atoms with E-state index >= 15 is 0 Å². The Morgan fingerprint density at radius 3 is 2.79 bits per heavy atom. The van der Waals surface area contributed by atoms with Crippen LogP contribution in [0.3, 0.4) is 0 Å². The van der Waals surface area contributed by atoms with Gasteiger partial charge in [0.05, 0.1) is 18.2 Å². The molecule has 98 valence electrons. The minimum absolute atomic E-state index is 0.0161. The fourth-order valence-electron chi connectivity index (χ4n) is 1.72. The van der Waals surface area contributed by atoms with Crippen molar-refractivity contribution in [3.63, 3.8) is 0 Å². The van der Waals surface area contributed by atoms with Crippen LogP contribution < -0.4 is 5.32 Å². The fourth-order valence-corrected chi connectivity index (χ4v) is 1.72. The lowest BCUT2D eigenvalue weighted by molar-refractivity contribution is -0.144. The van der Waals surface area contributed by atoms with Gasteiger partial charge in [-0.3, -0.25) is 9.59 Å². The van der Waals surface area contributed by atoms with Gasteiger partial charge in [-0.1, -0.05) is 0 Å². The Labute approximate surface area is 110 Å². The van der Waals surface area contributed by atoms with Gasteiger partial charge < -0.3 is 15.0 Å². The number of nitrogens with zero attached hydrogens (tertiary/aromatic N) is 2. The average molecular weight is 259 g/mol. The number of nitrogens with one attached hydrogen (secondary N) is 1. The van der Waals surface area contributed by atoms with Crippen molar-refractivity contribution in [1.29, 1.82) is 5.26 Å². The summed E-state index contributed by atoms with van der Waals surface area (Å²) in [4.78, 5) is 24.7. The van der Waals surface area contributed by atoms with Crippen LogP contribution in [0.2, 0.25) is 0 Å². The van der Waals surface area contributed by atoms with E-state index in [9.17, 15) is 9.59 Å². The molecule has 0 spiro atoms. The molecule has 0 atom stereocenters. The average Bonchev–Trinajstić information content (AvgIpc) is 2.42. The summed E-state index contributed by atoms with van der Waals surface area (Å²) < 4.78 is 4.98. The first-order chi connectivity index (χ1) is 9.19. The topological polar surface area (TPSA) is 82.4 Å². The van der Waals surface area contributed by atoms with E-state index in [4.69, 9.17) is 10.00 Å². The zero-order valence-corrected chi connectivity index (χ0v) is 10.3. The minimum Gasteiger partial charge on any atom is -0.370 e. The molecule has 6 nitrogen and oxygen atoms in total. The van der Waals surface area contributed by atoms with Crippen LogP contribution in [0.1, 0.15) is 5.56 Å². The highest BCUT2D eigenvalue weighted by molar-refractivity contribution is 5.94. The third kappa shape index (κ3) is 3.53. The molecule has 0 aromatic heterocycles. The van der Waals surface area contributed by atoms with E-state index in [2.05, 4.69) is 5.32 Å². The van der Waals surface area contributed by atoms with E-state index in [0.29, 0.717) is 24.4 Å². The number of morpholine rings is 1. The summed E-state index contributed by atoms with van der Waals surface area (Å²) in [6.07, 6.45) is 0. The van der Waals surface area contributed by atoms with E-state index in [1.165, 1.54) is 4.90 Å². The van der Waals surface area contributed by atoms with Crippen LogP contribution in [0.4, 0.5) is 5.69 Å². The second-order valence-corrected chi connectivity index (χ2v) is 4.11. The molecule has 0 saturated carbocycles. The van der Waals surface area contributed by atoms with Crippen molar-refractivity contribution in [2.24, 2.45) is 0 Å². The molecule has 0 unspecified atom stereocenters. The van der Waals surface area contributed by atoms with E-state index in [1.54, 1.807) is 24.3 Å². The summed E-state index contributed by atoms with van der Waals surface area (Å²) in [7, 11) is 0. The van der Waals surface area contributed by atoms with E-state index in [0.717, 1.165) is 0 Å². The lowest BCUT2D eigenvalue weighted by Gasteiger charge is -2.26. The highest BCUT2D eigenvalue weighted by Crippen LogP contribution is 2.09. The molecule has 1 N–H and O–H groups in total. The number of benzene rings is 1. The minimum atomic E-state index is -0.264. The predicted octanol–water partition coefficient (Wildman–Crippen LogP) is 0.356. The van der Waals surface area contributed by atoms with Crippen molar-refractivity contribution in [3.05, 3.63) is 29.8 Å². The Bertz CT molecular complexity index is 519. The fraction of sp³-hybridized carbons (Fsp3) is 0.308. The quantitative estimate of drug-likeness (QED) is 0.849. The summed E-state index contributed by atoms with van der Waals surface area (Å²) >= 11 is 0. The number of anilines is 1. The van der Waals surface area contributed by atoms with Gasteiger partial charge in [-0.2, -0.15) is 5.26 Å². The van der Waals surface area contributed by atoms with Gasteiger partial charge in [0.1, 0.15) is 13.2 Å². The molecule has 1 aromatic rings. The monoisotopic (exact) mass is 259 g/mol. The molecule has 0 radical (unpaired) electrons. The van der Waals surface area contributed by atoms with Crippen molar-refractivity contribution in [3.8, 4) is 6.07 Å². The van der Waals surface area contributed by atoms with Crippen LogP contribution in [-0.4, -0.2) is 43.0 Å². The van der Waals surface area contributed by atoms with Crippen LogP contribution in [0.5, 0.6) is 0 Å². The largest absolute Gasteiger partial charge is 0.370 e. The SMILES string of the molecule is N#Cc1ccc(NC(=O)CN2CCOCC2=O)cc1. The maximum absolute atomic E-state index is 11.8. The number of nitriles is 1. The molecule has 0 bridgehead atoms. The normalized spacial score (nSPS) is 14.9. The number of carbonyl (C=O) groups excluding carboxylic acids is 2. The first-order valence-corrected chi connectivity index (χ1v) is 5.84. The lowest BCUT2D eigenvalue weighted by atomic mass is 10.2. The molecule has 1 saturated heterocycles. The van der Waals surface area contributed by atoms with Crippen LogP contribution in [0.15, 0.2) is 24.3 Å². The highest BCUT2D eigenvalue weighted by Gasteiger charge is 2.20. The van der Waals surface area contributed by atoms with Gasteiger partial charge in [0, 0.05) is 12.2 Å². The first kappa shape index (κ1) is 13.1. The molecule has 0 aliphatic carbocycles. The van der Waals surface area contributed by atoms with E-state index in [-0.39, 0.29) is 25.0 Å². The van der Waals surface area contributed by atoms with Gasteiger partial charge in [0.25, 0.3) is 0 Å². The lowest BCUT2D eigenvalue weighted by Crippen LogP contribution is -2.45. The summed E-state index contributed by atoms with van der Waals surface area (Å²) in [5.41, 5.74) is 1.13. The number of amides is 2. The maximum Gasteiger partial charge on any atom is 0.249 e. The molecule has 1 aromatic carbocycles. The van der Waals surface area contributed by atoms with Gasteiger partial charge in [-0.25, -0.2) is 0 Å². The molecule has 19 heavy (non-hydrogen) atoms. The molecule has 1 aliphatic rings. The van der Waals surface area contributed by atoms with Gasteiger partial charge >= 0.3 is 0 Å². The number of rotatable bonds is 3. The standard InChI is InChI=1S/C13H13N3O3/c14-7-10-1-3-11(4-2-10)15-12(17)8-16-5-6-19-9-13(16)18/h1-4H,5-6,8-9H2,(H,15,17). The molecular weight excluding hydrogens is 246 g/mol. The number of ether oxygens (including phenoxy) is 1. The van der Waals surface area contributed by atoms with Crippen molar-refractivity contribution >= 4 is 17.5 Å². The third-order valence-corrected chi connectivity index (χ3v) is 2.72. The van der Waals surface area contributed by atoms with Crippen molar-refractivity contribution in [2.75, 3.05) is 31.6 Å². The van der Waals surface area contributed by atoms with Crippen LogP contribution in [-0.2, 0) is 14.3 Å². The van der Waals surface area contributed by atoms with Crippen LogP contribution in [0.25, 0.3) is 0 Å². The van der Waals surface area contributed by atoms with Crippen molar-refractivity contribution < 1.29 is 14.3 Å². The maximum atomic E-state index is 11.8. The van der Waals surface area contributed by atoms with E-state index < -0.39 is 0 Å². The molecule has 2 rings (SSSR count). The molecule has 1 fully saturated rings. The number of hydrogen-bond donors (Lipinski definition) is 1. The molecule has 6 heteroatoms. The highest BCUT2D eigenvalue weighted by atomic mass is 16.5. The number of carbonyl (C=O) groups is 2.